The summed E-state index contributed by atoms with van der Waals surface area (Å²) >= 11 is 6.07. The second kappa shape index (κ2) is 9.10. The summed E-state index contributed by atoms with van der Waals surface area (Å²) in [6.45, 7) is 4.50. The zero-order chi connectivity index (χ0) is 14.4. The van der Waals surface area contributed by atoms with Crippen LogP contribution in [0.25, 0.3) is 0 Å². The minimum Gasteiger partial charge on any atom is -0.492 e. The molecule has 0 bridgehead atoms. The lowest BCUT2D eigenvalue weighted by Crippen LogP contribution is -2.43. The molecule has 2 N–H and O–H groups in total. The van der Waals surface area contributed by atoms with Crippen molar-refractivity contribution in [3.63, 3.8) is 0 Å². The fraction of sp³-hybridized carbons (Fsp3) is 0.500. The predicted octanol–water partition coefficient (Wildman–Crippen LogP) is 2.48. The highest BCUT2D eigenvalue weighted by atomic mass is 35.5. The number of nitrogens with one attached hydrogen (secondary N) is 2. The van der Waals surface area contributed by atoms with Crippen LogP contribution in [0.2, 0.25) is 5.02 Å². The molecule has 1 aliphatic rings. The lowest BCUT2D eigenvalue weighted by molar-refractivity contribution is -0.117. The van der Waals surface area contributed by atoms with Crippen LogP contribution in [0.4, 0.5) is 5.69 Å². The molecule has 2 rings (SSSR count). The second-order valence-corrected chi connectivity index (χ2v) is 4.96. The van der Waals surface area contributed by atoms with Gasteiger partial charge in [0.25, 0.3) is 0 Å². The van der Waals surface area contributed by atoms with Gasteiger partial charge in [-0.25, -0.2) is 0 Å². The van der Waals surface area contributed by atoms with Crippen LogP contribution in [0.5, 0.6) is 5.75 Å². The molecule has 21 heavy (non-hydrogen) atoms. The Labute approximate surface area is 135 Å². The standard InChI is InChI=1S/C14H19ClN2O3.ClH/c1-2-20-13-4-3-10(7-12(13)15)17-14(18)8-11-9-19-6-5-16-11;/h3-4,7,11,16H,2,5-6,8-9H2,1H3,(H,17,18);1H. The topological polar surface area (TPSA) is 59.6 Å². The summed E-state index contributed by atoms with van der Waals surface area (Å²) in [5.74, 6) is 0.558. The van der Waals surface area contributed by atoms with Crippen LogP contribution in [-0.4, -0.2) is 38.3 Å². The van der Waals surface area contributed by atoms with E-state index in [4.69, 9.17) is 21.1 Å². The van der Waals surface area contributed by atoms with E-state index in [1.165, 1.54) is 0 Å². The molecule has 7 heteroatoms. The maximum Gasteiger partial charge on any atom is 0.226 e. The first-order valence-corrected chi connectivity index (χ1v) is 7.10. The normalized spacial score (nSPS) is 17.7. The van der Waals surface area contributed by atoms with Crippen LogP contribution in [0.3, 0.4) is 0 Å². The van der Waals surface area contributed by atoms with Crippen LogP contribution in [0, 0.1) is 0 Å². The van der Waals surface area contributed by atoms with Crippen molar-refractivity contribution in [1.82, 2.24) is 5.32 Å². The van der Waals surface area contributed by atoms with E-state index in [1.807, 2.05) is 6.92 Å². The first-order valence-electron chi connectivity index (χ1n) is 6.72. The zero-order valence-corrected chi connectivity index (χ0v) is 13.4. The zero-order valence-electron chi connectivity index (χ0n) is 11.9. The molecule has 0 spiro atoms. The van der Waals surface area contributed by atoms with Crippen molar-refractivity contribution in [2.75, 3.05) is 31.7 Å². The molecule has 1 aliphatic heterocycles. The van der Waals surface area contributed by atoms with Gasteiger partial charge >= 0.3 is 0 Å². The molecule has 0 radical (unpaired) electrons. The van der Waals surface area contributed by atoms with Gasteiger partial charge in [-0.3, -0.25) is 4.79 Å². The molecule has 1 fully saturated rings. The molecule has 1 saturated heterocycles. The molecule has 1 aromatic rings. The fourth-order valence-electron chi connectivity index (χ4n) is 2.04. The Balaban J connectivity index is 0.00000220. The molecule has 1 heterocycles. The second-order valence-electron chi connectivity index (χ2n) is 4.56. The third-order valence-electron chi connectivity index (χ3n) is 2.95. The lowest BCUT2D eigenvalue weighted by atomic mass is 10.2. The maximum atomic E-state index is 11.9. The van der Waals surface area contributed by atoms with Gasteiger partial charge in [0.05, 0.1) is 24.8 Å². The minimum atomic E-state index is -0.0618. The summed E-state index contributed by atoms with van der Waals surface area (Å²) < 4.78 is 10.7. The minimum absolute atomic E-state index is 0. The van der Waals surface area contributed by atoms with Crippen molar-refractivity contribution in [1.29, 1.82) is 0 Å². The van der Waals surface area contributed by atoms with Gasteiger partial charge < -0.3 is 20.1 Å². The lowest BCUT2D eigenvalue weighted by Gasteiger charge is -2.23. The summed E-state index contributed by atoms with van der Waals surface area (Å²) in [4.78, 5) is 11.9. The molecule has 1 amide bonds. The monoisotopic (exact) mass is 334 g/mol. The molecular formula is C14H20Cl2N2O3. The van der Waals surface area contributed by atoms with Gasteiger partial charge in [0.15, 0.2) is 0 Å². The predicted molar refractivity (Wildman–Crippen MR) is 85.7 cm³/mol. The van der Waals surface area contributed by atoms with Gasteiger partial charge in [-0.1, -0.05) is 11.6 Å². The Morgan fingerprint density at radius 1 is 1.57 bits per heavy atom. The SMILES string of the molecule is CCOc1ccc(NC(=O)CC2COCCN2)cc1Cl.Cl. The van der Waals surface area contributed by atoms with E-state index in [0.29, 0.717) is 42.7 Å². The summed E-state index contributed by atoms with van der Waals surface area (Å²) in [7, 11) is 0. The van der Waals surface area contributed by atoms with Crippen molar-refractivity contribution in [3.05, 3.63) is 23.2 Å². The number of carbonyl (C=O) groups excluding carboxylic acids is 1. The Bertz CT molecular complexity index is 466. The number of amides is 1. The van der Waals surface area contributed by atoms with Crippen molar-refractivity contribution in [3.8, 4) is 5.75 Å². The Morgan fingerprint density at radius 3 is 3.00 bits per heavy atom. The molecule has 1 aromatic carbocycles. The van der Waals surface area contributed by atoms with Gasteiger partial charge in [-0.2, -0.15) is 0 Å². The number of hydrogen-bond donors (Lipinski definition) is 2. The third-order valence-corrected chi connectivity index (χ3v) is 3.24. The van der Waals surface area contributed by atoms with Crippen molar-refractivity contribution < 1.29 is 14.3 Å². The van der Waals surface area contributed by atoms with Crippen LogP contribution >= 0.6 is 24.0 Å². The number of carbonyl (C=O) groups is 1. The maximum absolute atomic E-state index is 11.9. The summed E-state index contributed by atoms with van der Waals surface area (Å²) in [5.41, 5.74) is 0.667. The molecule has 1 atom stereocenters. The fourth-order valence-corrected chi connectivity index (χ4v) is 2.27. The largest absolute Gasteiger partial charge is 0.492 e. The molecule has 0 aromatic heterocycles. The van der Waals surface area contributed by atoms with E-state index in [0.717, 1.165) is 6.54 Å². The van der Waals surface area contributed by atoms with Crippen LogP contribution < -0.4 is 15.4 Å². The number of anilines is 1. The van der Waals surface area contributed by atoms with Crippen molar-refractivity contribution >= 4 is 35.6 Å². The highest BCUT2D eigenvalue weighted by Gasteiger charge is 2.17. The van der Waals surface area contributed by atoms with E-state index >= 15 is 0 Å². The molecule has 0 saturated carbocycles. The first-order chi connectivity index (χ1) is 9.69. The van der Waals surface area contributed by atoms with E-state index in [-0.39, 0.29) is 24.4 Å². The van der Waals surface area contributed by atoms with Crippen molar-refractivity contribution in [2.45, 2.75) is 19.4 Å². The van der Waals surface area contributed by atoms with Crippen molar-refractivity contribution in [2.24, 2.45) is 0 Å². The number of rotatable bonds is 5. The average Bonchev–Trinajstić information content (AvgIpc) is 2.43. The van der Waals surface area contributed by atoms with Gasteiger partial charge in [0, 0.05) is 24.7 Å². The van der Waals surface area contributed by atoms with Gasteiger partial charge in [0.1, 0.15) is 5.75 Å². The van der Waals surface area contributed by atoms with Crippen LogP contribution in [0.15, 0.2) is 18.2 Å². The van der Waals surface area contributed by atoms with E-state index in [9.17, 15) is 4.79 Å². The highest BCUT2D eigenvalue weighted by Crippen LogP contribution is 2.27. The summed E-state index contributed by atoms with van der Waals surface area (Å²) in [6.07, 6.45) is 0.380. The summed E-state index contributed by atoms with van der Waals surface area (Å²) in [6, 6.07) is 5.29. The van der Waals surface area contributed by atoms with Gasteiger partial charge in [-0.05, 0) is 25.1 Å². The number of benzene rings is 1. The third kappa shape index (κ3) is 5.71. The molecule has 5 nitrogen and oxygen atoms in total. The van der Waals surface area contributed by atoms with Gasteiger partial charge in [-0.15, -0.1) is 12.4 Å². The Morgan fingerprint density at radius 2 is 2.38 bits per heavy atom. The smallest absolute Gasteiger partial charge is 0.226 e. The Hall–Kier alpha value is -1.01. The summed E-state index contributed by atoms with van der Waals surface area (Å²) in [5, 5.41) is 6.56. The molecule has 118 valence electrons. The quantitative estimate of drug-likeness (QED) is 0.868. The number of morpholine rings is 1. The first kappa shape index (κ1) is 18.0. The number of halogens is 2. The van der Waals surface area contributed by atoms with Crippen LogP contribution in [-0.2, 0) is 9.53 Å². The number of ether oxygens (including phenoxy) is 2. The molecule has 0 aliphatic carbocycles. The highest BCUT2D eigenvalue weighted by molar-refractivity contribution is 6.32. The van der Waals surface area contributed by atoms with E-state index < -0.39 is 0 Å². The van der Waals surface area contributed by atoms with Gasteiger partial charge in [0.2, 0.25) is 5.91 Å². The van der Waals surface area contributed by atoms with Crippen LogP contribution in [0.1, 0.15) is 13.3 Å². The molecule has 1 unspecified atom stereocenters. The molecular weight excluding hydrogens is 315 g/mol. The average molecular weight is 335 g/mol. The van der Waals surface area contributed by atoms with E-state index in [2.05, 4.69) is 10.6 Å². The van der Waals surface area contributed by atoms with E-state index in [1.54, 1.807) is 18.2 Å². The number of hydrogen-bond acceptors (Lipinski definition) is 4. The Kier molecular flexibility index (Phi) is 7.82.